The van der Waals surface area contributed by atoms with Crippen LogP contribution in [0.1, 0.15) is 66.6 Å². The smallest absolute Gasteiger partial charge is 0.251 e. The van der Waals surface area contributed by atoms with Crippen LogP contribution < -0.4 is 20.7 Å². The number of hydrogen-bond acceptors (Lipinski definition) is 3. The molecule has 2 aromatic carbocycles. The highest BCUT2D eigenvalue weighted by Crippen LogP contribution is 2.46. The maximum absolute atomic E-state index is 11.9. The van der Waals surface area contributed by atoms with Crippen LogP contribution in [0.5, 0.6) is 5.75 Å². The zero-order valence-electron chi connectivity index (χ0n) is 18.8. The number of para-hydroxylation sites is 1. The highest BCUT2D eigenvalue weighted by molar-refractivity contribution is 14.0. The standard InChI is InChI=1S/C25H32N4O2.HI/c1-3-27-24(28-17-18-9-8-10-19(15-18)23(30)26-2)29-21-16-25(13-6-7-14-25)31-22-12-5-4-11-20(21)22;/h4-5,8-12,15,21H,3,6-7,13-14,16-17H2,1-2H3,(H,26,30)(H2,27,28,29);1H. The van der Waals surface area contributed by atoms with Gasteiger partial charge in [0, 0.05) is 31.1 Å². The number of rotatable bonds is 5. The van der Waals surface area contributed by atoms with Gasteiger partial charge in [0.15, 0.2) is 5.96 Å². The van der Waals surface area contributed by atoms with Gasteiger partial charge in [0.25, 0.3) is 5.91 Å². The Kier molecular flexibility index (Phi) is 8.39. The minimum Gasteiger partial charge on any atom is -0.487 e. The third kappa shape index (κ3) is 5.54. The predicted octanol–water partition coefficient (Wildman–Crippen LogP) is 4.56. The van der Waals surface area contributed by atoms with Gasteiger partial charge in [-0.25, -0.2) is 4.99 Å². The molecule has 3 N–H and O–H groups in total. The molecule has 2 aromatic rings. The molecule has 1 fully saturated rings. The van der Waals surface area contributed by atoms with Gasteiger partial charge >= 0.3 is 0 Å². The molecule has 1 amide bonds. The summed E-state index contributed by atoms with van der Waals surface area (Å²) in [5.41, 5.74) is 2.77. The Hall–Kier alpha value is -2.29. The number of fused-ring (bicyclic) bond motifs is 1. The fourth-order valence-electron chi connectivity index (χ4n) is 4.68. The van der Waals surface area contributed by atoms with Crippen LogP contribution >= 0.6 is 24.0 Å². The second-order valence-electron chi connectivity index (χ2n) is 8.41. The van der Waals surface area contributed by atoms with Crippen molar-refractivity contribution in [1.29, 1.82) is 0 Å². The molecule has 1 atom stereocenters. The van der Waals surface area contributed by atoms with Crippen LogP contribution in [0.3, 0.4) is 0 Å². The number of hydrogen-bond donors (Lipinski definition) is 3. The number of aliphatic imine (C=N–C) groups is 1. The topological polar surface area (TPSA) is 74.8 Å². The number of carbonyl (C=O) groups excluding carboxylic acids is 1. The molecule has 4 rings (SSSR count). The van der Waals surface area contributed by atoms with E-state index in [1.807, 2.05) is 30.3 Å². The minimum atomic E-state index is -0.0865. The molecule has 0 bridgehead atoms. The van der Waals surface area contributed by atoms with Crippen LogP contribution in [-0.4, -0.2) is 31.1 Å². The van der Waals surface area contributed by atoms with E-state index >= 15 is 0 Å². The van der Waals surface area contributed by atoms with Gasteiger partial charge in [-0.15, -0.1) is 24.0 Å². The highest BCUT2D eigenvalue weighted by atomic mass is 127. The molecule has 1 aliphatic heterocycles. The Bertz CT molecular complexity index is 956. The average molecular weight is 548 g/mol. The number of nitrogens with zero attached hydrogens (tertiary/aromatic N) is 1. The van der Waals surface area contributed by atoms with Crippen molar-refractivity contribution >= 4 is 35.8 Å². The normalized spacial score (nSPS) is 18.8. The first-order valence-corrected chi connectivity index (χ1v) is 11.3. The Morgan fingerprint density at radius 2 is 1.94 bits per heavy atom. The molecule has 172 valence electrons. The molecule has 1 spiro atoms. The summed E-state index contributed by atoms with van der Waals surface area (Å²) in [6, 6.07) is 16.1. The van der Waals surface area contributed by atoms with Gasteiger partial charge in [-0.05, 0) is 56.4 Å². The van der Waals surface area contributed by atoms with Crippen molar-refractivity contribution in [2.24, 2.45) is 4.99 Å². The van der Waals surface area contributed by atoms with E-state index in [4.69, 9.17) is 9.73 Å². The van der Waals surface area contributed by atoms with Crippen molar-refractivity contribution in [3.05, 3.63) is 65.2 Å². The molecule has 2 aliphatic rings. The van der Waals surface area contributed by atoms with Gasteiger partial charge in [-0.1, -0.05) is 30.3 Å². The maximum atomic E-state index is 11.9. The summed E-state index contributed by atoms with van der Waals surface area (Å²) >= 11 is 0. The van der Waals surface area contributed by atoms with Gasteiger partial charge in [0.05, 0.1) is 12.6 Å². The zero-order chi connectivity index (χ0) is 21.7. The van der Waals surface area contributed by atoms with E-state index in [0.29, 0.717) is 12.1 Å². The van der Waals surface area contributed by atoms with Crippen LogP contribution in [0, 0.1) is 0 Å². The number of nitrogens with one attached hydrogen (secondary N) is 3. The number of benzene rings is 2. The molecule has 0 radical (unpaired) electrons. The summed E-state index contributed by atoms with van der Waals surface area (Å²) in [7, 11) is 1.64. The average Bonchev–Trinajstić information content (AvgIpc) is 3.24. The van der Waals surface area contributed by atoms with Gasteiger partial charge in [-0.2, -0.15) is 0 Å². The summed E-state index contributed by atoms with van der Waals surface area (Å²) in [4.78, 5) is 16.7. The number of ether oxygens (including phenoxy) is 1. The fourth-order valence-corrected chi connectivity index (χ4v) is 4.68. The van der Waals surface area contributed by atoms with Crippen molar-refractivity contribution in [3.8, 4) is 5.75 Å². The molecule has 6 nitrogen and oxygen atoms in total. The van der Waals surface area contributed by atoms with Crippen LogP contribution in [0.15, 0.2) is 53.5 Å². The van der Waals surface area contributed by atoms with Crippen LogP contribution in [-0.2, 0) is 6.54 Å². The monoisotopic (exact) mass is 548 g/mol. The number of halogens is 1. The first kappa shape index (κ1) is 24.4. The number of guanidine groups is 1. The lowest BCUT2D eigenvalue weighted by molar-refractivity contribution is 0.0396. The van der Waals surface area contributed by atoms with Gasteiger partial charge in [-0.3, -0.25) is 4.79 Å². The van der Waals surface area contributed by atoms with E-state index in [9.17, 15) is 4.79 Å². The van der Waals surface area contributed by atoms with E-state index in [2.05, 4.69) is 41.1 Å². The lowest BCUT2D eigenvalue weighted by Gasteiger charge is -2.40. The van der Waals surface area contributed by atoms with E-state index < -0.39 is 0 Å². The molecule has 0 saturated heterocycles. The molecule has 1 saturated carbocycles. The van der Waals surface area contributed by atoms with Crippen LogP contribution in [0.25, 0.3) is 0 Å². The second-order valence-corrected chi connectivity index (χ2v) is 8.41. The molecular formula is C25H33IN4O2. The second kappa shape index (κ2) is 11.0. The van der Waals surface area contributed by atoms with Gasteiger partial charge < -0.3 is 20.7 Å². The van der Waals surface area contributed by atoms with E-state index in [0.717, 1.165) is 43.1 Å². The SMILES string of the molecule is CCNC(=NCc1cccc(C(=O)NC)c1)NC1CC2(CCCC2)Oc2ccccc21.I. The van der Waals surface area contributed by atoms with Crippen molar-refractivity contribution < 1.29 is 9.53 Å². The van der Waals surface area contributed by atoms with Gasteiger partial charge in [0.2, 0.25) is 0 Å². The summed E-state index contributed by atoms with van der Waals surface area (Å²) in [5.74, 6) is 1.68. The van der Waals surface area contributed by atoms with Crippen LogP contribution in [0.2, 0.25) is 0 Å². The lowest BCUT2D eigenvalue weighted by atomic mass is 9.86. The summed E-state index contributed by atoms with van der Waals surface area (Å²) in [5, 5.41) is 9.71. The van der Waals surface area contributed by atoms with Crippen LogP contribution in [0.4, 0.5) is 0 Å². The summed E-state index contributed by atoms with van der Waals surface area (Å²) < 4.78 is 6.49. The molecule has 7 heteroatoms. The molecule has 32 heavy (non-hydrogen) atoms. The first-order valence-electron chi connectivity index (χ1n) is 11.3. The van der Waals surface area contributed by atoms with Crippen molar-refractivity contribution in [2.75, 3.05) is 13.6 Å². The Labute approximate surface area is 207 Å². The third-order valence-electron chi connectivity index (χ3n) is 6.20. The number of carbonyl (C=O) groups is 1. The maximum Gasteiger partial charge on any atom is 0.251 e. The Balaban J connectivity index is 0.00000289. The largest absolute Gasteiger partial charge is 0.487 e. The predicted molar refractivity (Wildman–Crippen MR) is 139 cm³/mol. The van der Waals surface area contributed by atoms with Crippen molar-refractivity contribution in [3.63, 3.8) is 0 Å². The van der Waals surface area contributed by atoms with Gasteiger partial charge in [0.1, 0.15) is 11.4 Å². The quantitative estimate of drug-likeness (QED) is 0.291. The molecular weight excluding hydrogens is 515 g/mol. The lowest BCUT2D eigenvalue weighted by Crippen LogP contribution is -2.46. The van der Waals surface area contributed by atoms with E-state index in [-0.39, 0.29) is 41.5 Å². The molecule has 1 unspecified atom stereocenters. The fraction of sp³-hybridized carbons (Fsp3) is 0.440. The molecule has 0 aromatic heterocycles. The van der Waals surface area contributed by atoms with Crippen molar-refractivity contribution in [1.82, 2.24) is 16.0 Å². The Morgan fingerprint density at radius 3 is 2.69 bits per heavy atom. The van der Waals surface area contributed by atoms with Crippen molar-refractivity contribution in [2.45, 2.75) is 57.2 Å². The Morgan fingerprint density at radius 1 is 1.16 bits per heavy atom. The first-order chi connectivity index (χ1) is 15.1. The third-order valence-corrected chi connectivity index (χ3v) is 6.20. The summed E-state index contributed by atoms with van der Waals surface area (Å²) in [6.45, 7) is 3.34. The molecule has 1 aliphatic carbocycles. The molecule has 1 heterocycles. The van der Waals surface area contributed by atoms with E-state index in [1.54, 1.807) is 7.05 Å². The zero-order valence-corrected chi connectivity index (χ0v) is 21.1. The highest BCUT2D eigenvalue weighted by Gasteiger charge is 2.43. The minimum absolute atomic E-state index is 0. The van der Waals surface area contributed by atoms with E-state index in [1.165, 1.54) is 18.4 Å². The summed E-state index contributed by atoms with van der Waals surface area (Å²) in [6.07, 6.45) is 5.62. The number of amides is 1.